The van der Waals surface area contributed by atoms with Crippen molar-refractivity contribution >= 4 is 17.0 Å². The molecule has 26 heavy (non-hydrogen) atoms. The third-order valence-corrected chi connectivity index (χ3v) is 3.99. The lowest BCUT2D eigenvalue weighted by Gasteiger charge is -2.11. The van der Waals surface area contributed by atoms with Crippen LogP contribution in [0.2, 0.25) is 0 Å². The van der Waals surface area contributed by atoms with Crippen LogP contribution in [0, 0.1) is 11.8 Å². The van der Waals surface area contributed by atoms with E-state index < -0.39 is 0 Å². The number of nitrogens with two attached hydrogens (primary N) is 1. The Morgan fingerprint density at radius 1 is 1.27 bits per heavy atom. The van der Waals surface area contributed by atoms with Crippen molar-refractivity contribution in [2.24, 2.45) is 0 Å². The Balaban J connectivity index is 2.08. The molecular weight excluding hydrogens is 328 g/mol. The van der Waals surface area contributed by atoms with Crippen LogP contribution in [-0.2, 0) is 6.54 Å². The molecule has 0 saturated carbocycles. The molecule has 2 N–H and O–H groups in total. The van der Waals surface area contributed by atoms with Crippen LogP contribution in [0.5, 0.6) is 0 Å². The zero-order valence-electron chi connectivity index (χ0n) is 15.5. The fourth-order valence-electron chi connectivity index (χ4n) is 2.55. The van der Waals surface area contributed by atoms with Gasteiger partial charge in [0.15, 0.2) is 34.4 Å². The molecule has 0 spiro atoms. The summed E-state index contributed by atoms with van der Waals surface area (Å²) in [5.74, 6) is 8.42. The molecule has 0 aliphatic carbocycles. The van der Waals surface area contributed by atoms with Crippen LogP contribution in [0.15, 0.2) is 22.8 Å². The Bertz CT molecular complexity index is 930. The van der Waals surface area contributed by atoms with Gasteiger partial charge in [-0.2, -0.15) is 0 Å². The highest BCUT2D eigenvalue weighted by Gasteiger charge is 2.17. The molecule has 7 heteroatoms. The van der Waals surface area contributed by atoms with E-state index in [4.69, 9.17) is 10.2 Å². The average molecular weight is 352 g/mol. The van der Waals surface area contributed by atoms with Crippen molar-refractivity contribution in [1.29, 1.82) is 0 Å². The number of nitrogen functional groups attached to an aromatic ring is 1. The van der Waals surface area contributed by atoms with E-state index in [0.717, 1.165) is 32.4 Å². The maximum absolute atomic E-state index is 6.15. The maximum atomic E-state index is 6.15. The number of fused-ring (bicyclic) bond motifs is 1. The quantitative estimate of drug-likeness (QED) is 0.542. The summed E-state index contributed by atoms with van der Waals surface area (Å²) in [5.41, 5.74) is 7.42. The number of imidazole rings is 1. The summed E-state index contributed by atoms with van der Waals surface area (Å²) in [5, 5.41) is 0. The summed E-state index contributed by atoms with van der Waals surface area (Å²) < 4.78 is 7.43. The summed E-state index contributed by atoms with van der Waals surface area (Å²) >= 11 is 0. The third-order valence-electron chi connectivity index (χ3n) is 3.99. The van der Waals surface area contributed by atoms with Crippen LogP contribution in [0.3, 0.4) is 0 Å². The number of likely N-dealkylation sites (N-methyl/N-ethyl adjacent to an activating group) is 1. The number of anilines is 1. The Kier molecular flexibility index (Phi) is 5.54. The lowest BCUT2D eigenvalue weighted by Crippen LogP contribution is -2.19. The first-order chi connectivity index (χ1) is 12.6. The molecule has 0 atom stereocenters. The highest BCUT2D eigenvalue weighted by molar-refractivity contribution is 5.84. The molecule has 136 valence electrons. The number of nitrogens with zero attached hydrogens (tertiary/aromatic N) is 5. The van der Waals surface area contributed by atoms with E-state index in [1.807, 2.05) is 24.7 Å². The molecular formula is C19H24N6O. The minimum absolute atomic E-state index is 0.335. The van der Waals surface area contributed by atoms with E-state index in [0.29, 0.717) is 34.4 Å². The first-order valence-electron chi connectivity index (χ1n) is 8.81. The number of rotatable bonds is 6. The van der Waals surface area contributed by atoms with Crippen LogP contribution in [-0.4, -0.2) is 45.1 Å². The van der Waals surface area contributed by atoms with Crippen molar-refractivity contribution in [2.45, 2.75) is 32.7 Å². The smallest absolute Gasteiger partial charge is 0.199 e. The van der Waals surface area contributed by atoms with E-state index in [2.05, 4.69) is 38.6 Å². The topological polar surface area (TPSA) is 86.0 Å². The molecule has 0 saturated heterocycles. The van der Waals surface area contributed by atoms with E-state index in [-0.39, 0.29) is 0 Å². The van der Waals surface area contributed by atoms with Crippen LogP contribution in [0.25, 0.3) is 22.7 Å². The third kappa shape index (κ3) is 3.86. The van der Waals surface area contributed by atoms with Gasteiger partial charge in [-0.1, -0.05) is 19.3 Å². The molecule has 3 aromatic rings. The predicted molar refractivity (Wildman–Crippen MR) is 102 cm³/mol. The fraction of sp³-hybridized carbons (Fsp3) is 0.421. The lowest BCUT2D eigenvalue weighted by atomic mass is 10.2. The molecule has 0 radical (unpaired) electrons. The number of hydrogen-bond acceptors (Lipinski definition) is 6. The Morgan fingerprint density at radius 3 is 2.81 bits per heavy atom. The van der Waals surface area contributed by atoms with Crippen molar-refractivity contribution in [3.05, 3.63) is 24.2 Å². The normalized spacial score (nSPS) is 11.1. The second-order valence-electron chi connectivity index (χ2n) is 6.38. The van der Waals surface area contributed by atoms with Crippen LogP contribution in [0.4, 0.5) is 5.82 Å². The summed E-state index contributed by atoms with van der Waals surface area (Å²) in [6.45, 7) is 3.71. The van der Waals surface area contributed by atoms with Gasteiger partial charge in [-0.05, 0) is 38.6 Å². The first kappa shape index (κ1) is 18.0. The van der Waals surface area contributed by atoms with Crippen LogP contribution in [0.1, 0.15) is 32.0 Å². The van der Waals surface area contributed by atoms with Crippen molar-refractivity contribution < 1.29 is 4.42 Å². The Morgan fingerprint density at radius 2 is 2.12 bits per heavy atom. The van der Waals surface area contributed by atoms with Crippen LogP contribution >= 0.6 is 0 Å². The van der Waals surface area contributed by atoms with E-state index in [1.165, 1.54) is 0 Å². The average Bonchev–Trinajstić information content (AvgIpc) is 3.25. The van der Waals surface area contributed by atoms with Gasteiger partial charge in [-0.25, -0.2) is 15.0 Å². The van der Waals surface area contributed by atoms with Gasteiger partial charge >= 0.3 is 0 Å². The maximum Gasteiger partial charge on any atom is 0.199 e. The fourth-order valence-corrected chi connectivity index (χ4v) is 2.55. The van der Waals surface area contributed by atoms with Gasteiger partial charge in [0.1, 0.15) is 0 Å². The van der Waals surface area contributed by atoms with Crippen molar-refractivity contribution in [1.82, 2.24) is 24.4 Å². The van der Waals surface area contributed by atoms with Gasteiger partial charge in [-0.3, -0.25) is 0 Å². The van der Waals surface area contributed by atoms with Gasteiger partial charge in [0.25, 0.3) is 0 Å². The summed E-state index contributed by atoms with van der Waals surface area (Å²) in [7, 11) is 4.06. The molecule has 0 aliphatic heterocycles. The molecule has 7 nitrogen and oxygen atoms in total. The second kappa shape index (κ2) is 8.02. The highest BCUT2D eigenvalue weighted by atomic mass is 16.3. The minimum Gasteiger partial charge on any atom is -0.461 e. The predicted octanol–water partition coefficient (Wildman–Crippen LogP) is 2.77. The van der Waals surface area contributed by atoms with E-state index in [9.17, 15) is 0 Å². The van der Waals surface area contributed by atoms with Crippen molar-refractivity contribution in [2.75, 3.05) is 26.4 Å². The molecule has 0 unspecified atom stereocenters. The van der Waals surface area contributed by atoms with Gasteiger partial charge in [-0.15, -0.1) is 0 Å². The Labute approximate surface area is 153 Å². The number of hydrogen-bond donors (Lipinski definition) is 1. The van der Waals surface area contributed by atoms with Gasteiger partial charge in [0, 0.05) is 19.5 Å². The summed E-state index contributed by atoms with van der Waals surface area (Å²) in [6.07, 6.45) is 4.64. The SMILES string of the molecule is CCCCC#Cc1nc2c(N)nc(-c3ccco3)nc2n1CCN(C)C. The van der Waals surface area contributed by atoms with Gasteiger partial charge in [0.05, 0.1) is 6.26 Å². The number of aromatic nitrogens is 4. The monoisotopic (exact) mass is 352 g/mol. The van der Waals surface area contributed by atoms with Crippen molar-refractivity contribution in [3.63, 3.8) is 0 Å². The molecule has 3 rings (SSSR count). The summed E-state index contributed by atoms with van der Waals surface area (Å²) in [6, 6.07) is 3.61. The van der Waals surface area contributed by atoms with Gasteiger partial charge in [0.2, 0.25) is 0 Å². The zero-order chi connectivity index (χ0) is 18.5. The summed E-state index contributed by atoms with van der Waals surface area (Å²) in [4.78, 5) is 15.7. The van der Waals surface area contributed by atoms with Crippen molar-refractivity contribution in [3.8, 4) is 23.4 Å². The molecule has 3 heterocycles. The lowest BCUT2D eigenvalue weighted by molar-refractivity contribution is 0.385. The minimum atomic E-state index is 0.335. The van der Waals surface area contributed by atoms with Gasteiger partial charge < -0.3 is 19.6 Å². The zero-order valence-corrected chi connectivity index (χ0v) is 15.5. The van der Waals surface area contributed by atoms with E-state index in [1.54, 1.807) is 12.3 Å². The van der Waals surface area contributed by atoms with Crippen LogP contribution < -0.4 is 5.73 Å². The highest BCUT2D eigenvalue weighted by Crippen LogP contribution is 2.24. The first-order valence-corrected chi connectivity index (χ1v) is 8.81. The molecule has 0 aliphatic rings. The molecule has 0 amide bonds. The molecule has 0 bridgehead atoms. The number of unbranched alkanes of at least 4 members (excludes halogenated alkanes) is 2. The molecule has 0 fully saturated rings. The number of furan rings is 1. The standard InChI is InChI=1S/C19H24N6O/c1-4-5-6-7-10-15-21-16-17(20)22-18(14-9-8-13-26-14)23-19(16)25(15)12-11-24(2)3/h8-9,13H,4-6,11-12H2,1-3H3,(H2,20,22,23). The molecule has 3 aromatic heterocycles. The molecule has 0 aromatic carbocycles. The largest absolute Gasteiger partial charge is 0.461 e. The Hall–Kier alpha value is -2.85. The van der Waals surface area contributed by atoms with E-state index >= 15 is 0 Å². The second-order valence-corrected chi connectivity index (χ2v) is 6.38.